The molecule has 10 nitrogen and oxygen atoms in total. The van der Waals surface area contributed by atoms with Gasteiger partial charge in [0.2, 0.25) is 17.7 Å². The Bertz CT molecular complexity index is 1080. The number of amides is 3. The van der Waals surface area contributed by atoms with Crippen LogP contribution in [0.4, 0.5) is 10.8 Å². The van der Waals surface area contributed by atoms with Gasteiger partial charge in [0.15, 0.2) is 15.0 Å². The zero-order valence-electron chi connectivity index (χ0n) is 15.2. The highest BCUT2D eigenvalue weighted by atomic mass is 32.2. The SMILES string of the molecule is O=C1CC(C(=O)Nc2ccc3nc(NCC(=O)NC4CS(=O)(=O)C4)sc3c2)CN1. The number of hydrogen-bond acceptors (Lipinski definition) is 8. The minimum absolute atomic E-state index is 0.0112. The Kier molecular flexibility index (Phi) is 5.13. The van der Waals surface area contributed by atoms with E-state index in [2.05, 4.69) is 26.3 Å². The predicted octanol–water partition coefficient (Wildman–Crippen LogP) is -0.304. The number of fused-ring (bicyclic) bond motifs is 1. The standard InChI is InChI=1S/C17H19N5O5S2/c23-14-3-9(5-18-14)16(25)21-10-1-2-12-13(4-10)28-17(22-12)19-6-15(24)20-11-7-29(26,27)8-11/h1-2,4,9,11H,3,5-8H2,(H,18,23)(H,19,22)(H,20,24)(H,21,25). The van der Waals surface area contributed by atoms with Crippen molar-refractivity contribution in [2.24, 2.45) is 5.92 Å². The monoisotopic (exact) mass is 437 g/mol. The summed E-state index contributed by atoms with van der Waals surface area (Å²) < 4.78 is 23.1. The molecule has 2 aromatic rings. The van der Waals surface area contributed by atoms with Crippen molar-refractivity contribution in [2.75, 3.05) is 35.2 Å². The van der Waals surface area contributed by atoms with Crippen LogP contribution in [0.3, 0.4) is 0 Å². The molecular weight excluding hydrogens is 418 g/mol. The first kappa shape index (κ1) is 19.6. The Morgan fingerprint density at radius 2 is 2.07 bits per heavy atom. The molecule has 29 heavy (non-hydrogen) atoms. The molecular formula is C17H19N5O5S2. The highest BCUT2D eigenvalue weighted by Crippen LogP contribution is 2.28. The summed E-state index contributed by atoms with van der Waals surface area (Å²) in [6.07, 6.45) is 0.192. The Balaban J connectivity index is 1.32. The van der Waals surface area contributed by atoms with Gasteiger partial charge in [0.05, 0.1) is 40.2 Å². The summed E-state index contributed by atoms with van der Waals surface area (Å²) in [6, 6.07) is 4.97. The summed E-state index contributed by atoms with van der Waals surface area (Å²) in [5.74, 6) is -1.03. The van der Waals surface area contributed by atoms with E-state index in [-0.39, 0.29) is 54.2 Å². The number of carbonyl (C=O) groups is 3. The molecule has 0 spiro atoms. The van der Waals surface area contributed by atoms with Crippen LogP contribution in [-0.4, -0.2) is 61.8 Å². The molecule has 0 radical (unpaired) electrons. The van der Waals surface area contributed by atoms with Crippen LogP contribution in [0, 0.1) is 5.92 Å². The quantitative estimate of drug-likeness (QED) is 0.485. The average molecular weight is 438 g/mol. The molecule has 3 amide bonds. The van der Waals surface area contributed by atoms with Crippen LogP contribution in [0.2, 0.25) is 0 Å². The van der Waals surface area contributed by atoms with Crippen LogP contribution >= 0.6 is 11.3 Å². The van der Waals surface area contributed by atoms with Crippen LogP contribution in [0.15, 0.2) is 18.2 Å². The van der Waals surface area contributed by atoms with Crippen LogP contribution in [0.5, 0.6) is 0 Å². The number of nitrogens with zero attached hydrogens (tertiary/aromatic N) is 1. The second-order valence-corrected chi connectivity index (χ2v) is 10.3. The summed E-state index contributed by atoms with van der Waals surface area (Å²) in [6.45, 7) is 0.332. The molecule has 1 atom stereocenters. The first-order chi connectivity index (χ1) is 13.8. The van der Waals surface area contributed by atoms with E-state index in [0.717, 1.165) is 10.2 Å². The largest absolute Gasteiger partial charge is 0.355 e. The van der Waals surface area contributed by atoms with Crippen molar-refractivity contribution >= 4 is 59.9 Å². The van der Waals surface area contributed by atoms with Gasteiger partial charge in [-0.05, 0) is 18.2 Å². The smallest absolute Gasteiger partial charge is 0.239 e. The summed E-state index contributed by atoms with van der Waals surface area (Å²) in [7, 11) is -2.98. The Hall–Kier alpha value is -2.73. The fourth-order valence-corrected chi connectivity index (χ4v) is 5.39. The first-order valence-corrected chi connectivity index (χ1v) is 11.6. The van der Waals surface area contributed by atoms with Gasteiger partial charge in [-0.1, -0.05) is 11.3 Å². The van der Waals surface area contributed by atoms with E-state index >= 15 is 0 Å². The molecule has 12 heteroatoms. The molecule has 1 aromatic carbocycles. The van der Waals surface area contributed by atoms with Crippen molar-refractivity contribution in [3.05, 3.63) is 18.2 Å². The van der Waals surface area contributed by atoms with Crippen LogP contribution in [-0.2, 0) is 24.2 Å². The van der Waals surface area contributed by atoms with E-state index in [1.165, 1.54) is 11.3 Å². The number of nitrogens with one attached hydrogen (secondary N) is 4. The summed E-state index contributed by atoms with van der Waals surface area (Å²) in [5.41, 5.74) is 1.33. The second kappa shape index (κ2) is 7.59. The van der Waals surface area contributed by atoms with E-state index in [0.29, 0.717) is 17.4 Å². The van der Waals surface area contributed by atoms with Gasteiger partial charge in [-0.3, -0.25) is 14.4 Å². The minimum Gasteiger partial charge on any atom is -0.355 e. The highest BCUT2D eigenvalue weighted by molar-refractivity contribution is 7.92. The molecule has 0 saturated carbocycles. The number of hydrogen-bond donors (Lipinski definition) is 4. The number of anilines is 2. The second-order valence-electron chi connectivity index (χ2n) is 7.09. The van der Waals surface area contributed by atoms with Crippen molar-refractivity contribution < 1.29 is 22.8 Å². The molecule has 1 aromatic heterocycles. The maximum atomic E-state index is 12.2. The molecule has 2 aliphatic rings. The number of sulfone groups is 1. The van der Waals surface area contributed by atoms with Crippen molar-refractivity contribution in [3.63, 3.8) is 0 Å². The van der Waals surface area contributed by atoms with Crippen molar-refractivity contribution in [3.8, 4) is 0 Å². The summed E-state index contributed by atoms with van der Waals surface area (Å²) >= 11 is 1.34. The normalized spacial score (nSPS) is 20.7. The molecule has 0 aliphatic carbocycles. The topological polar surface area (TPSA) is 146 Å². The fraction of sp³-hybridized carbons (Fsp3) is 0.412. The maximum absolute atomic E-state index is 12.2. The maximum Gasteiger partial charge on any atom is 0.239 e. The molecule has 3 heterocycles. The molecule has 4 N–H and O–H groups in total. The van der Waals surface area contributed by atoms with Gasteiger partial charge < -0.3 is 21.3 Å². The van der Waals surface area contributed by atoms with Gasteiger partial charge in [-0.15, -0.1) is 0 Å². The molecule has 0 bridgehead atoms. The first-order valence-electron chi connectivity index (χ1n) is 8.99. The average Bonchev–Trinajstić information content (AvgIpc) is 3.24. The molecule has 4 rings (SSSR count). The third kappa shape index (κ3) is 4.65. The number of rotatable bonds is 6. The van der Waals surface area contributed by atoms with Crippen molar-refractivity contribution in [2.45, 2.75) is 12.5 Å². The summed E-state index contributed by atoms with van der Waals surface area (Å²) in [5, 5.41) is 11.6. The molecule has 1 unspecified atom stereocenters. The molecule has 2 fully saturated rings. The molecule has 2 saturated heterocycles. The number of thiazole rings is 1. The Labute approximate surface area is 170 Å². The molecule has 2 aliphatic heterocycles. The van der Waals surface area contributed by atoms with Gasteiger partial charge in [0.25, 0.3) is 0 Å². The third-order valence-electron chi connectivity index (χ3n) is 4.68. The number of benzene rings is 1. The Morgan fingerprint density at radius 3 is 2.76 bits per heavy atom. The zero-order chi connectivity index (χ0) is 20.6. The van der Waals surface area contributed by atoms with Gasteiger partial charge in [-0.2, -0.15) is 0 Å². The van der Waals surface area contributed by atoms with Gasteiger partial charge in [-0.25, -0.2) is 13.4 Å². The van der Waals surface area contributed by atoms with Crippen LogP contribution in [0.25, 0.3) is 10.2 Å². The van der Waals surface area contributed by atoms with E-state index in [1.54, 1.807) is 18.2 Å². The van der Waals surface area contributed by atoms with Crippen molar-refractivity contribution in [1.82, 2.24) is 15.6 Å². The number of aromatic nitrogens is 1. The predicted molar refractivity (Wildman–Crippen MR) is 108 cm³/mol. The van der Waals surface area contributed by atoms with Gasteiger partial charge in [0.1, 0.15) is 0 Å². The van der Waals surface area contributed by atoms with Crippen LogP contribution < -0.4 is 21.3 Å². The Morgan fingerprint density at radius 1 is 1.28 bits per heavy atom. The lowest BCUT2D eigenvalue weighted by molar-refractivity contribution is -0.123. The van der Waals surface area contributed by atoms with Crippen LogP contribution in [0.1, 0.15) is 6.42 Å². The zero-order valence-corrected chi connectivity index (χ0v) is 16.9. The van der Waals surface area contributed by atoms with Gasteiger partial charge >= 0.3 is 0 Å². The number of carbonyl (C=O) groups excluding carboxylic acids is 3. The van der Waals surface area contributed by atoms with E-state index in [9.17, 15) is 22.8 Å². The lowest BCUT2D eigenvalue weighted by Crippen LogP contribution is -2.54. The van der Waals surface area contributed by atoms with E-state index < -0.39 is 9.84 Å². The summed E-state index contributed by atoms with van der Waals surface area (Å²) in [4.78, 5) is 39.8. The minimum atomic E-state index is -2.98. The lowest BCUT2D eigenvalue weighted by Gasteiger charge is -2.26. The van der Waals surface area contributed by atoms with E-state index in [1.807, 2.05) is 0 Å². The third-order valence-corrected chi connectivity index (χ3v) is 7.48. The fourth-order valence-electron chi connectivity index (χ4n) is 3.20. The lowest BCUT2D eigenvalue weighted by atomic mass is 10.1. The van der Waals surface area contributed by atoms with Gasteiger partial charge in [0, 0.05) is 18.7 Å². The molecule has 154 valence electrons. The van der Waals surface area contributed by atoms with Crippen molar-refractivity contribution in [1.29, 1.82) is 0 Å². The van der Waals surface area contributed by atoms with E-state index in [4.69, 9.17) is 0 Å². The highest BCUT2D eigenvalue weighted by Gasteiger charge is 2.34.